The number of esters is 1. The summed E-state index contributed by atoms with van der Waals surface area (Å²) in [7, 11) is 1.36. The number of fused-ring (bicyclic) bond motifs is 1. The molecule has 0 aliphatic carbocycles. The lowest BCUT2D eigenvalue weighted by Crippen LogP contribution is -2.03. The zero-order chi connectivity index (χ0) is 14.3. The molecule has 0 aliphatic heterocycles. The van der Waals surface area contributed by atoms with Gasteiger partial charge in [-0.15, -0.1) is 11.3 Å². The fourth-order valence-corrected chi connectivity index (χ4v) is 3.23. The topological polar surface area (TPSA) is 52.3 Å². The summed E-state index contributed by atoms with van der Waals surface area (Å²) in [6.45, 7) is 3.77. The van der Waals surface area contributed by atoms with Crippen LogP contribution in [0.25, 0.3) is 21.5 Å². The molecule has 0 radical (unpaired) electrons. The Morgan fingerprint density at radius 3 is 2.80 bits per heavy atom. The van der Waals surface area contributed by atoms with Crippen LogP contribution >= 0.6 is 11.3 Å². The van der Waals surface area contributed by atoms with Crippen molar-refractivity contribution in [3.8, 4) is 10.6 Å². The van der Waals surface area contributed by atoms with E-state index in [2.05, 4.69) is 4.98 Å². The van der Waals surface area contributed by atoms with Crippen LogP contribution < -0.4 is 0 Å². The summed E-state index contributed by atoms with van der Waals surface area (Å²) in [6, 6.07) is 7.81. The van der Waals surface area contributed by atoms with E-state index in [-0.39, 0.29) is 0 Å². The number of hydrogen-bond donors (Lipinski definition) is 0. The summed E-state index contributed by atoms with van der Waals surface area (Å²) in [5, 5.41) is 1.79. The summed E-state index contributed by atoms with van der Waals surface area (Å²) in [4.78, 5) is 16.9. The number of methoxy groups -OCH3 is 1. The predicted molar refractivity (Wildman–Crippen MR) is 78.1 cm³/mol. The molecule has 4 nitrogen and oxygen atoms in total. The summed E-state index contributed by atoms with van der Waals surface area (Å²) in [6.07, 6.45) is 0. The number of aromatic nitrogens is 1. The van der Waals surface area contributed by atoms with Crippen LogP contribution in [0, 0.1) is 13.8 Å². The van der Waals surface area contributed by atoms with E-state index in [0.29, 0.717) is 5.69 Å². The third kappa shape index (κ3) is 1.91. The van der Waals surface area contributed by atoms with Crippen molar-refractivity contribution in [1.82, 2.24) is 4.98 Å². The van der Waals surface area contributed by atoms with Gasteiger partial charge >= 0.3 is 5.97 Å². The molecule has 0 bridgehead atoms. The summed E-state index contributed by atoms with van der Waals surface area (Å²) in [5.74, 6) is 0.395. The molecule has 2 heterocycles. The number of hydrogen-bond acceptors (Lipinski definition) is 5. The number of carbonyl (C=O) groups excluding carboxylic acids is 1. The maximum Gasteiger partial charge on any atom is 0.357 e. The Labute approximate surface area is 120 Å². The maximum atomic E-state index is 11.7. The van der Waals surface area contributed by atoms with Gasteiger partial charge in [-0.25, -0.2) is 9.78 Å². The quantitative estimate of drug-likeness (QED) is 0.669. The Hall–Kier alpha value is -2.14. The number of benzene rings is 1. The van der Waals surface area contributed by atoms with Gasteiger partial charge in [0.1, 0.15) is 16.4 Å². The van der Waals surface area contributed by atoms with Crippen LogP contribution in [0.5, 0.6) is 0 Å². The van der Waals surface area contributed by atoms with Crippen LogP contribution in [0.3, 0.4) is 0 Å². The van der Waals surface area contributed by atoms with Crippen molar-refractivity contribution in [2.75, 3.05) is 7.11 Å². The normalized spacial score (nSPS) is 10.9. The molecule has 1 aromatic carbocycles. The molecule has 0 fully saturated rings. The standard InChI is InChI=1S/C15H13NO3S/c1-8-12(10-6-4-5-7-11(10)19-8)14-16-13(9(2)20-14)15(17)18-3/h4-7H,1-3H3. The van der Waals surface area contributed by atoms with Crippen molar-refractivity contribution < 1.29 is 13.9 Å². The van der Waals surface area contributed by atoms with E-state index in [4.69, 9.17) is 9.15 Å². The largest absolute Gasteiger partial charge is 0.464 e. The van der Waals surface area contributed by atoms with Crippen molar-refractivity contribution in [1.29, 1.82) is 0 Å². The number of thiazole rings is 1. The van der Waals surface area contributed by atoms with Crippen LogP contribution in [0.2, 0.25) is 0 Å². The minimum atomic E-state index is -0.407. The molecular formula is C15H13NO3S. The molecule has 0 atom stereocenters. The van der Waals surface area contributed by atoms with Gasteiger partial charge in [0.05, 0.1) is 12.7 Å². The first-order chi connectivity index (χ1) is 9.61. The zero-order valence-corrected chi connectivity index (χ0v) is 12.2. The van der Waals surface area contributed by atoms with Gasteiger partial charge in [-0.05, 0) is 19.9 Å². The van der Waals surface area contributed by atoms with E-state index in [1.165, 1.54) is 18.4 Å². The van der Waals surface area contributed by atoms with Crippen molar-refractivity contribution in [3.63, 3.8) is 0 Å². The second-order valence-corrected chi connectivity index (χ2v) is 5.65. The fraction of sp³-hybridized carbons (Fsp3) is 0.200. The van der Waals surface area contributed by atoms with Crippen LogP contribution in [0.15, 0.2) is 28.7 Å². The van der Waals surface area contributed by atoms with Crippen molar-refractivity contribution in [3.05, 3.63) is 40.6 Å². The third-order valence-electron chi connectivity index (χ3n) is 3.16. The van der Waals surface area contributed by atoms with Gasteiger partial charge in [-0.1, -0.05) is 18.2 Å². The lowest BCUT2D eigenvalue weighted by Gasteiger charge is -1.95. The Kier molecular flexibility index (Phi) is 3.06. The number of rotatable bonds is 2. The van der Waals surface area contributed by atoms with Gasteiger partial charge < -0.3 is 9.15 Å². The number of para-hydroxylation sites is 1. The lowest BCUT2D eigenvalue weighted by molar-refractivity contribution is 0.0594. The van der Waals surface area contributed by atoms with Gasteiger partial charge in [0.2, 0.25) is 0 Å². The average molecular weight is 287 g/mol. The minimum Gasteiger partial charge on any atom is -0.464 e. The first kappa shape index (κ1) is 12.9. The molecule has 0 unspecified atom stereocenters. The second-order valence-electron chi connectivity index (χ2n) is 4.44. The highest BCUT2D eigenvalue weighted by Gasteiger charge is 2.21. The lowest BCUT2D eigenvalue weighted by atomic mass is 10.1. The Morgan fingerprint density at radius 1 is 1.30 bits per heavy atom. The molecule has 102 valence electrons. The van der Waals surface area contributed by atoms with Gasteiger partial charge in [-0.2, -0.15) is 0 Å². The summed E-state index contributed by atoms with van der Waals surface area (Å²) < 4.78 is 10.5. The molecule has 0 saturated heterocycles. The minimum absolute atomic E-state index is 0.372. The smallest absolute Gasteiger partial charge is 0.357 e. The molecule has 3 rings (SSSR count). The number of aryl methyl sites for hydroxylation is 2. The molecule has 20 heavy (non-hydrogen) atoms. The number of carbonyl (C=O) groups is 1. The van der Waals surface area contributed by atoms with Crippen molar-refractivity contribution in [2.24, 2.45) is 0 Å². The molecule has 0 amide bonds. The van der Waals surface area contributed by atoms with E-state index in [1.807, 2.05) is 38.1 Å². The van der Waals surface area contributed by atoms with Gasteiger partial charge in [0.25, 0.3) is 0 Å². The van der Waals surface area contributed by atoms with Crippen molar-refractivity contribution >= 4 is 28.3 Å². The SMILES string of the molecule is COC(=O)c1nc(-c2c(C)oc3ccccc23)sc1C. The van der Waals surface area contributed by atoms with Crippen molar-refractivity contribution in [2.45, 2.75) is 13.8 Å². The predicted octanol–water partition coefficient (Wildman–Crippen LogP) is 3.96. The summed E-state index contributed by atoms with van der Waals surface area (Å²) in [5.41, 5.74) is 2.15. The highest BCUT2D eigenvalue weighted by molar-refractivity contribution is 7.15. The third-order valence-corrected chi connectivity index (χ3v) is 4.15. The molecule has 0 saturated carbocycles. The Morgan fingerprint density at radius 2 is 2.05 bits per heavy atom. The molecule has 5 heteroatoms. The summed E-state index contributed by atoms with van der Waals surface area (Å²) >= 11 is 1.47. The van der Waals surface area contributed by atoms with Gasteiger partial charge in [-0.3, -0.25) is 0 Å². The average Bonchev–Trinajstić information content (AvgIpc) is 2.97. The molecular weight excluding hydrogens is 274 g/mol. The monoisotopic (exact) mass is 287 g/mol. The molecule has 2 aromatic heterocycles. The Balaban J connectivity index is 2.21. The first-order valence-corrected chi connectivity index (χ1v) is 6.97. The van der Waals surface area contributed by atoms with Crippen LogP contribution in [-0.4, -0.2) is 18.1 Å². The van der Waals surface area contributed by atoms with Crippen LogP contribution in [0.4, 0.5) is 0 Å². The first-order valence-electron chi connectivity index (χ1n) is 6.16. The van der Waals surface area contributed by atoms with Gasteiger partial charge in [0.15, 0.2) is 5.69 Å². The number of furan rings is 1. The van der Waals surface area contributed by atoms with Crippen LogP contribution in [0.1, 0.15) is 21.1 Å². The zero-order valence-electron chi connectivity index (χ0n) is 11.4. The number of nitrogens with zero attached hydrogens (tertiary/aromatic N) is 1. The number of ether oxygens (including phenoxy) is 1. The molecule has 0 spiro atoms. The maximum absolute atomic E-state index is 11.7. The van der Waals surface area contributed by atoms with Gasteiger partial charge in [0, 0.05) is 10.3 Å². The molecule has 3 aromatic rings. The van der Waals surface area contributed by atoms with E-state index in [1.54, 1.807) is 0 Å². The fourth-order valence-electron chi connectivity index (χ4n) is 2.22. The molecule has 0 aliphatic rings. The van der Waals surface area contributed by atoms with E-state index < -0.39 is 5.97 Å². The second kappa shape index (κ2) is 4.76. The van der Waals surface area contributed by atoms with E-state index >= 15 is 0 Å². The highest BCUT2D eigenvalue weighted by atomic mass is 32.1. The van der Waals surface area contributed by atoms with E-state index in [9.17, 15) is 4.79 Å². The highest BCUT2D eigenvalue weighted by Crippen LogP contribution is 2.37. The molecule has 0 N–H and O–H groups in total. The van der Waals surface area contributed by atoms with E-state index in [0.717, 1.165) is 32.2 Å². The van der Waals surface area contributed by atoms with Crippen LogP contribution in [-0.2, 0) is 4.74 Å². The Bertz CT molecular complexity index is 801.